The number of allylic oxidation sites excluding steroid dienone is 4. The summed E-state index contributed by atoms with van der Waals surface area (Å²) >= 11 is 6.29. The molecule has 2 atom stereocenters. The second-order valence-electron chi connectivity index (χ2n) is 10.3. The third kappa shape index (κ3) is 11.6. The van der Waals surface area contributed by atoms with E-state index in [1.165, 1.54) is 0 Å². The lowest BCUT2D eigenvalue weighted by atomic mass is 9.96. The SMILES string of the molecule is C=CC(CC(=O)OCC)c1ccc(P(=O)(O)CC2CC2)cc1.CC.CNc1cc(Cl)c(C2=CCCC=C2OC(F)F)cc1NC. The van der Waals surface area contributed by atoms with Crippen molar-refractivity contribution in [1.82, 2.24) is 0 Å². The van der Waals surface area contributed by atoms with Gasteiger partial charge in [0.05, 0.1) is 29.4 Å². The third-order valence-electron chi connectivity index (χ3n) is 7.17. The zero-order chi connectivity index (χ0) is 33.6. The van der Waals surface area contributed by atoms with E-state index in [0.29, 0.717) is 46.6 Å². The van der Waals surface area contributed by atoms with Gasteiger partial charge in [-0.3, -0.25) is 9.36 Å². The minimum atomic E-state index is -3.25. The van der Waals surface area contributed by atoms with E-state index in [1.54, 1.807) is 63.5 Å². The van der Waals surface area contributed by atoms with Crippen LogP contribution in [0.5, 0.6) is 0 Å². The number of esters is 1. The number of anilines is 2. The van der Waals surface area contributed by atoms with Crippen molar-refractivity contribution in [3.8, 4) is 0 Å². The van der Waals surface area contributed by atoms with Gasteiger partial charge in [-0.2, -0.15) is 8.78 Å². The highest BCUT2D eigenvalue weighted by molar-refractivity contribution is 7.66. The third-order valence-corrected chi connectivity index (χ3v) is 9.60. The molecule has 0 saturated heterocycles. The molecule has 0 bridgehead atoms. The maximum atomic E-state index is 12.5. The zero-order valence-corrected chi connectivity index (χ0v) is 28.4. The lowest BCUT2D eigenvalue weighted by Crippen LogP contribution is -2.11. The number of ether oxygens (including phenoxy) is 2. The number of rotatable bonds is 13. The molecule has 1 saturated carbocycles. The van der Waals surface area contributed by atoms with Crippen molar-refractivity contribution in [2.24, 2.45) is 5.92 Å². The lowest BCUT2D eigenvalue weighted by molar-refractivity contribution is -0.143. The topological polar surface area (TPSA) is 96.9 Å². The van der Waals surface area contributed by atoms with Crippen molar-refractivity contribution in [3.63, 3.8) is 0 Å². The molecule has 0 aromatic heterocycles. The van der Waals surface area contributed by atoms with Crippen LogP contribution < -0.4 is 15.9 Å². The van der Waals surface area contributed by atoms with Crippen molar-refractivity contribution in [3.05, 3.63) is 83.1 Å². The summed E-state index contributed by atoms with van der Waals surface area (Å²) in [7, 11) is 0.324. The smallest absolute Gasteiger partial charge is 0.387 e. The quantitative estimate of drug-likeness (QED) is 0.112. The summed E-state index contributed by atoms with van der Waals surface area (Å²) in [4.78, 5) is 21.7. The molecular formula is C34H46ClF2N2O5P. The molecule has 4 rings (SSSR count). The molecule has 11 heteroatoms. The number of carbonyl (C=O) groups is 1. The van der Waals surface area contributed by atoms with Gasteiger partial charge in [0.25, 0.3) is 0 Å². The summed E-state index contributed by atoms with van der Waals surface area (Å²) in [5.41, 5.74) is 3.85. The van der Waals surface area contributed by atoms with Gasteiger partial charge < -0.3 is 25.0 Å². The monoisotopic (exact) mass is 666 g/mol. The Hall–Kier alpha value is -3.13. The minimum absolute atomic E-state index is 0.144. The molecule has 1 fully saturated rings. The molecule has 0 spiro atoms. The second kappa shape index (κ2) is 18.7. The summed E-state index contributed by atoms with van der Waals surface area (Å²) < 4.78 is 47.0. The first kappa shape index (κ1) is 38.1. The van der Waals surface area contributed by atoms with Gasteiger partial charge in [0, 0.05) is 42.6 Å². The fraction of sp³-hybridized carbons (Fsp3) is 0.441. The van der Waals surface area contributed by atoms with E-state index in [4.69, 9.17) is 16.3 Å². The standard InChI is InChI=1S/C17H23O4P.C15H17ClF2N2O.C2H6/c1-3-14(11-17(18)21-4-2)15-7-9-16(10-8-15)22(19,20)12-13-5-6-13;1-19-12-7-10(11(16)8-13(12)20-2)9-5-3-4-6-14(9)21-15(17)18;1-2/h3,7-10,13-14H,1,4-6,11-12H2,2H3,(H,19,20);5-8,15,19-20H,3-4H2,1-2H3;1-2H3. The summed E-state index contributed by atoms with van der Waals surface area (Å²) in [6, 6.07) is 10.6. The largest absolute Gasteiger partial charge is 0.466 e. The van der Waals surface area contributed by atoms with Crippen LogP contribution in [0.3, 0.4) is 0 Å². The van der Waals surface area contributed by atoms with Gasteiger partial charge in [0.2, 0.25) is 7.37 Å². The fourth-order valence-electron chi connectivity index (χ4n) is 4.74. The van der Waals surface area contributed by atoms with E-state index >= 15 is 0 Å². The van der Waals surface area contributed by atoms with Crippen LogP contribution in [-0.4, -0.2) is 44.3 Å². The van der Waals surface area contributed by atoms with Gasteiger partial charge in [-0.05, 0) is 74.4 Å². The predicted octanol–water partition coefficient (Wildman–Crippen LogP) is 8.97. The van der Waals surface area contributed by atoms with E-state index in [2.05, 4.69) is 21.9 Å². The molecule has 2 aromatic carbocycles. The molecule has 2 unspecified atom stereocenters. The molecule has 0 radical (unpaired) electrons. The summed E-state index contributed by atoms with van der Waals surface area (Å²) in [6.07, 6.45) is 9.41. The lowest BCUT2D eigenvalue weighted by Gasteiger charge is -2.20. The van der Waals surface area contributed by atoms with Gasteiger partial charge in [-0.15, -0.1) is 6.58 Å². The Kier molecular flexibility index (Phi) is 15.9. The van der Waals surface area contributed by atoms with Crippen LogP contribution in [0.15, 0.2) is 67.0 Å². The number of halogens is 3. The Labute approximate surface area is 271 Å². The minimum Gasteiger partial charge on any atom is -0.466 e. The fourth-order valence-corrected chi connectivity index (χ4v) is 6.90. The molecule has 3 N–H and O–H groups in total. The molecular weight excluding hydrogens is 621 g/mol. The Bertz CT molecular complexity index is 1380. The van der Waals surface area contributed by atoms with Crippen LogP contribution in [-0.2, 0) is 18.8 Å². The van der Waals surface area contributed by atoms with Crippen LogP contribution in [0.25, 0.3) is 5.57 Å². The number of hydrogen-bond acceptors (Lipinski definition) is 6. The Morgan fingerprint density at radius 2 is 1.71 bits per heavy atom. The number of carbonyl (C=O) groups excluding carboxylic acids is 1. The van der Waals surface area contributed by atoms with E-state index in [9.17, 15) is 23.0 Å². The second-order valence-corrected chi connectivity index (χ2v) is 13.0. The van der Waals surface area contributed by atoms with Crippen molar-refractivity contribution < 1.29 is 32.5 Å². The average molecular weight is 667 g/mol. The predicted molar refractivity (Wildman–Crippen MR) is 182 cm³/mol. The highest BCUT2D eigenvalue weighted by atomic mass is 35.5. The highest BCUT2D eigenvalue weighted by Gasteiger charge is 2.32. The molecule has 0 amide bonds. The van der Waals surface area contributed by atoms with Crippen molar-refractivity contribution in [2.75, 3.05) is 37.5 Å². The van der Waals surface area contributed by atoms with Gasteiger partial charge in [-0.25, -0.2) is 0 Å². The maximum absolute atomic E-state index is 12.5. The highest BCUT2D eigenvalue weighted by Crippen LogP contribution is 2.48. The summed E-state index contributed by atoms with van der Waals surface area (Å²) in [6.45, 7) is 7.04. The molecule has 248 valence electrons. The molecule has 0 aliphatic heterocycles. The van der Waals surface area contributed by atoms with Crippen molar-refractivity contribution in [1.29, 1.82) is 0 Å². The van der Waals surface area contributed by atoms with Crippen molar-refractivity contribution >= 4 is 47.2 Å². The van der Waals surface area contributed by atoms with E-state index in [0.717, 1.165) is 36.2 Å². The van der Waals surface area contributed by atoms with E-state index < -0.39 is 14.0 Å². The van der Waals surface area contributed by atoms with Crippen molar-refractivity contribution in [2.45, 2.75) is 65.4 Å². The molecule has 0 heterocycles. The molecule has 2 aromatic rings. The first-order chi connectivity index (χ1) is 21.5. The zero-order valence-electron chi connectivity index (χ0n) is 26.7. The Morgan fingerprint density at radius 1 is 1.11 bits per heavy atom. The number of hydrogen-bond donors (Lipinski definition) is 3. The van der Waals surface area contributed by atoms with Crippen LogP contribution in [0.4, 0.5) is 20.2 Å². The molecule has 2 aliphatic carbocycles. The van der Waals surface area contributed by atoms with E-state index in [-0.39, 0.29) is 24.1 Å². The maximum Gasteiger partial charge on any atom is 0.387 e. The first-order valence-electron chi connectivity index (χ1n) is 15.3. The van der Waals surface area contributed by atoms with Crippen LogP contribution in [0.1, 0.15) is 69.9 Å². The first-order valence-corrected chi connectivity index (χ1v) is 17.5. The normalized spacial score (nSPS) is 15.9. The Morgan fingerprint density at radius 3 is 2.24 bits per heavy atom. The van der Waals surface area contributed by atoms with Gasteiger partial charge in [0.1, 0.15) is 5.76 Å². The van der Waals surface area contributed by atoms with Gasteiger partial charge in [0.15, 0.2) is 0 Å². The summed E-state index contributed by atoms with van der Waals surface area (Å²) in [5, 5.41) is 7.05. The van der Waals surface area contributed by atoms with E-state index in [1.807, 2.05) is 26.0 Å². The molecule has 2 aliphatic rings. The molecule has 7 nitrogen and oxygen atoms in total. The molecule has 45 heavy (non-hydrogen) atoms. The van der Waals surface area contributed by atoms with Crippen LogP contribution >= 0.6 is 19.0 Å². The van der Waals surface area contributed by atoms with Gasteiger partial charge >= 0.3 is 12.6 Å². The van der Waals surface area contributed by atoms with Crippen LogP contribution in [0, 0.1) is 5.92 Å². The van der Waals surface area contributed by atoms with Crippen LogP contribution in [0.2, 0.25) is 5.02 Å². The Balaban J connectivity index is 0.000000297. The number of alkyl halides is 2. The number of benzene rings is 2. The number of nitrogens with one attached hydrogen (secondary N) is 2. The summed E-state index contributed by atoms with van der Waals surface area (Å²) in [5.74, 6) is 0.172. The average Bonchev–Trinajstić information content (AvgIpc) is 3.84. The van der Waals surface area contributed by atoms with Gasteiger partial charge in [-0.1, -0.05) is 49.7 Å².